The zero-order valence-corrected chi connectivity index (χ0v) is 10.7. The van der Waals surface area contributed by atoms with Gasteiger partial charge in [0, 0.05) is 25.1 Å². The van der Waals surface area contributed by atoms with Crippen LogP contribution in [0.15, 0.2) is 6.07 Å². The van der Waals surface area contributed by atoms with Crippen molar-refractivity contribution in [3.8, 4) is 0 Å². The van der Waals surface area contributed by atoms with E-state index in [1.807, 2.05) is 13.1 Å². The second-order valence-corrected chi connectivity index (χ2v) is 5.91. The summed E-state index contributed by atoms with van der Waals surface area (Å²) in [6.45, 7) is 4.57. The molecule has 2 aliphatic rings. The fraction of sp³-hybridized carbons (Fsp3) is 0.692. The lowest BCUT2D eigenvalue weighted by molar-refractivity contribution is 0.629. The maximum atomic E-state index is 4.63. The van der Waals surface area contributed by atoms with Crippen LogP contribution in [0.1, 0.15) is 44.9 Å². The van der Waals surface area contributed by atoms with Gasteiger partial charge in [-0.25, -0.2) is 9.97 Å². The summed E-state index contributed by atoms with van der Waals surface area (Å²) in [5.41, 5.74) is 0.421. The van der Waals surface area contributed by atoms with Crippen molar-refractivity contribution >= 4 is 11.6 Å². The Morgan fingerprint density at radius 3 is 2.41 bits per heavy atom. The molecule has 0 bridgehead atoms. The van der Waals surface area contributed by atoms with Gasteiger partial charge >= 0.3 is 0 Å². The van der Waals surface area contributed by atoms with Crippen LogP contribution in [-0.4, -0.2) is 23.1 Å². The maximum Gasteiger partial charge on any atom is 0.136 e. The van der Waals surface area contributed by atoms with Crippen LogP contribution in [0.4, 0.5) is 11.6 Å². The van der Waals surface area contributed by atoms with Gasteiger partial charge in [0.2, 0.25) is 0 Å². The number of anilines is 2. The van der Waals surface area contributed by atoms with Gasteiger partial charge in [-0.05, 0) is 24.7 Å². The van der Waals surface area contributed by atoms with Crippen molar-refractivity contribution in [1.82, 2.24) is 9.97 Å². The molecule has 0 aromatic carbocycles. The summed E-state index contributed by atoms with van der Waals surface area (Å²) in [5.74, 6) is 3.48. The predicted octanol–water partition coefficient (Wildman–Crippen LogP) is 2.61. The van der Waals surface area contributed by atoms with E-state index in [9.17, 15) is 0 Å². The van der Waals surface area contributed by atoms with E-state index in [-0.39, 0.29) is 0 Å². The molecule has 1 aromatic rings. The molecule has 1 atom stereocenters. The molecule has 1 heterocycles. The molecule has 2 aliphatic carbocycles. The molecule has 0 saturated heterocycles. The monoisotopic (exact) mass is 232 g/mol. The van der Waals surface area contributed by atoms with Crippen LogP contribution in [0.2, 0.25) is 0 Å². The molecule has 0 spiro atoms. The second-order valence-electron chi connectivity index (χ2n) is 5.91. The first-order valence-corrected chi connectivity index (χ1v) is 6.42. The average Bonchev–Trinajstić information content (AvgIpc) is 3.17. The first-order chi connectivity index (χ1) is 8.08. The number of hydrogen-bond acceptors (Lipinski definition) is 4. The van der Waals surface area contributed by atoms with E-state index in [0.717, 1.165) is 17.5 Å². The number of nitrogens with zero attached hydrogens (tertiary/aromatic N) is 2. The van der Waals surface area contributed by atoms with Crippen LogP contribution in [0.5, 0.6) is 0 Å². The van der Waals surface area contributed by atoms with Gasteiger partial charge in [0.1, 0.15) is 17.5 Å². The number of rotatable bonds is 4. The van der Waals surface area contributed by atoms with Gasteiger partial charge in [-0.15, -0.1) is 0 Å². The third-order valence-corrected chi connectivity index (χ3v) is 3.78. The van der Waals surface area contributed by atoms with E-state index < -0.39 is 0 Å². The number of nitrogens with one attached hydrogen (secondary N) is 2. The van der Waals surface area contributed by atoms with Crippen LogP contribution in [0.25, 0.3) is 0 Å². The SMILES string of the molecule is CNc1cc(NC2CC2(C)C)nc(C2CC2)n1. The van der Waals surface area contributed by atoms with E-state index in [0.29, 0.717) is 17.4 Å². The van der Waals surface area contributed by atoms with E-state index in [1.165, 1.54) is 19.3 Å². The van der Waals surface area contributed by atoms with Crippen molar-refractivity contribution < 1.29 is 0 Å². The van der Waals surface area contributed by atoms with Gasteiger partial charge in [0.25, 0.3) is 0 Å². The van der Waals surface area contributed by atoms with Crippen LogP contribution in [0, 0.1) is 5.41 Å². The Balaban J connectivity index is 1.80. The molecule has 4 nitrogen and oxygen atoms in total. The van der Waals surface area contributed by atoms with Crippen molar-refractivity contribution in [2.75, 3.05) is 17.7 Å². The fourth-order valence-corrected chi connectivity index (χ4v) is 2.08. The normalized spacial score (nSPS) is 25.5. The zero-order valence-electron chi connectivity index (χ0n) is 10.7. The molecule has 2 N–H and O–H groups in total. The van der Waals surface area contributed by atoms with Crippen molar-refractivity contribution in [3.05, 3.63) is 11.9 Å². The highest BCUT2D eigenvalue weighted by molar-refractivity contribution is 5.49. The topological polar surface area (TPSA) is 49.8 Å². The molecule has 92 valence electrons. The number of aromatic nitrogens is 2. The smallest absolute Gasteiger partial charge is 0.136 e. The number of hydrogen-bond donors (Lipinski definition) is 2. The third-order valence-electron chi connectivity index (χ3n) is 3.78. The van der Waals surface area contributed by atoms with Crippen LogP contribution in [0.3, 0.4) is 0 Å². The highest BCUT2D eigenvalue weighted by atomic mass is 15.1. The van der Waals surface area contributed by atoms with Gasteiger partial charge in [0.15, 0.2) is 0 Å². The van der Waals surface area contributed by atoms with Gasteiger partial charge in [0.05, 0.1) is 0 Å². The predicted molar refractivity (Wildman–Crippen MR) is 69.4 cm³/mol. The van der Waals surface area contributed by atoms with Crippen molar-refractivity contribution in [3.63, 3.8) is 0 Å². The van der Waals surface area contributed by atoms with Crippen LogP contribution < -0.4 is 10.6 Å². The summed E-state index contributed by atoms with van der Waals surface area (Å²) >= 11 is 0. The molecule has 2 saturated carbocycles. The molecular formula is C13H20N4. The fourth-order valence-electron chi connectivity index (χ4n) is 2.08. The van der Waals surface area contributed by atoms with Crippen LogP contribution >= 0.6 is 0 Å². The summed E-state index contributed by atoms with van der Waals surface area (Å²) in [6, 6.07) is 2.56. The first-order valence-electron chi connectivity index (χ1n) is 6.42. The first kappa shape index (κ1) is 10.8. The molecule has 0 radical (unpaired) electrons. The van der Waals surface area contributed by atoms with Gasteiger partial charge in [-0.2, -0.15) is 0 Å². The van der Waals surface area contributed by atoms with E-state index in [2.05, 4.69) is 34.4 Å². The van der Waals surface area contributed by atoms with Gasteiger partial charge < -0.3 is 10.6 Å². The standard InChI is InChI=1S/C13H20N4/c1-13(2)7-9(13)15-11-6-10(14-3)16-12(17-11)8-4-5-8/h6,8-9H,4-5,7H2,1-3H3,(H2,14,15,16,17). The summed E-state index contributed by atoms with van der Waals surface area (Å²) in [4.78, 5) is 9.14. The Hall–Kier alpha value is -1.32. The molecule has 1 unspecified atom stereocenters. The Morgan fingerprint density at radius 1 is 1.24 bits per heavy atom. The molecule has 4 heteroatoms. The minimum atomic E-state index is 0.421. The lowest BCUT2D eigenvalue weighted by Crippen LogP contribution is -2.11. The Morgan fingerprint density at radius 2 is 1.88 bits per heavy atom. The molecule has 3 rings (SSSR count). The van der Waals surface area contributed by atoms with Gasteiger partial charge in [-0.1, -0.05) is 13.8 Å². The zero-order chi connectivity index (χ0) is 12.0. The quantitative estimate of drug-likeness (QED) is 0.837. The molecule has 2 fully saturated rings. The van der Waals surface area contributed by atoms with Crippen molar-refractivity contribution in [2.24, 2.45) is 5.41 Å². The maximum absolute atomic E-state index is 4.63. The lowest BCUT2D eigenvalue weighted by atomic mass is 10.2. The Kier molecular flexibility index (Phi) is 2.28. The second kappa shape index (κ2) is 3.59. The van der Waals surface area contributed by atoms with E-state index in [1.54, 1.807) is 0 Å². The Labute approximate surface area is 102 Å². The summed E-state index contributed by atoms with van der Waals surface area (Å²) < 4.78 is 0. The highest BCUT2D eigenvalue weighted by Crippen LogP contribution is 2.46. The van der Waals surface area contributed by atoms with Crippen molar-refractivity contribution in [2.45, 2.75) is 45.1 Å². The molecular weight excluding hydrogens is 212 g/mol. The van der Waals surface area contributed by atoms with E-state index in [4.69, 9.17) is 0 Å². The Bertz CT molecular complexity index is 437. The van der Waals surface area contributed by atoms with Gasteiger partial charge in [-0.3, -0.25) is 0 Å². The minimum Gasteiger partial charge on any atom is -0.373 e. The minimum absolute atomic E-state index is 0.421. The molecule has 17 heavy (non-hydrogen) atoms. The van der Waals surface area contributed by atoms with Crippen molar-refractivity contribution in [1.29, 1.82) is 0 Å². The summed E-state index contributed by atoms with van der Waals surface area (Å²) in [7, 11) is 1.91. The summed E-state index contributed by atoms with van der Waals surface area (Å²) in [6.07, 6.45) is 3.70. The largest absolute Gasteiger partial charge is 0.373 e. The molecule has 0 aliphatic heterocycles. The highest BCUT2D eigenvalue weighted by Gasteiger charge is 2.46. The van der Waals surface area contributed by atoms with Crippen LogP contribution in [-0.2, 0) is 0 Å². The van der Waals surface area contributed by atoms with E-state index >= 15 is 0 Å². The molecule has 1 aromatic heterocycles. The average molecular weight is 232 g/mol. The lowest BCUT2D eigenvalue weighted by Gasteiger charge is -2.10. The third kappa shape index (κ3) is 2.21. The summed E-state index contributed by atoms with van der Waals surface area (Å²) in [5, 5.41) is 6.63. The molecule has 0 amide bonds.